The fourth-order valence-corrected chi connectivity index (χ4v) is 2.19. The second-order valence-corrected chi connectivity index (χ2v) is 5.57. The van der Waals surface area contributed by atoms with Gasteiger partial charge < -0.3 is 5.32 Å². The van der Waals surface area contributed by atoms with Crippen LogP contribution in [0, 0.1) is 0 Å². The van der Waals surface area contributed by atoms with Crippen LogP contribution in [0.3, 0.4) is 0 Å². The predicted octanol–water partition coefficient (Wildman–Crippen LogP) is 5.08. The van der Waals surface area contributed by atoms with Gasteiger partial charge in [0.2, 0.25) is 0 Å². The number of alkyl halides is 3. The summed E-state index contributed by atoms with van der Waals surface area (Å²) in [6.07, 6.45) is -1.01. The van der Waals surface area contributed by atoms with E-state index in [4.69, 9.17) is 12.2 Å². The number of benzene rings is 2. The highest BCUT2D eigenvalue weighted by Gasteiger charge is 2.33. The minimum absolute atomic E-state index is 0.0274. The molecule has 0 unspecified atom stereocenters. The summed E-state index contributed by atoms with van der Waals surface area (Å²) in [4.78, 5) is 0. The highest BCUT2D eigenvalue weighted by atomic mass is 32.1. The van der Waals surface area contributed by atoms with Gasteiger partial charge in [-0.3, -0.25) is 5.43 Å². The molecule has 0 saturated heterocycles. The molecule has 25 heavy (non-hydrogen) atoms. The fourth-order valence-electron chi connectivity index (χ4n) is 2.03. The van der Waals surface area contributed by atoms with E-state index in [0.29, 0.717) is 0 Å². The van der Waals surface area contributed by atoms with Gasteiger partial charge in [0.1, 0.15) is 0 Å². The molecule has 0 aliphatic rings. The van der Waals surface area contributed by atoms with Crippen LogP contribution in [0.25, 0.3) is 6.08 Å². The summed E-state index contributed by atoms with van der Waals surface area (Å²) in [7, 11) is 0. The molecule has 2 aromatic carbocycles. The van der Waals surface area contributed by atoms with Gasteiger partial charge in [-0.25, -0.2) is 0 Å². The van der Waals surface area contributed by atoms with Crippen LogP contribution >= 0.6 is 12.2 Å². The SMILES string of the molecule is CC(/C=N/NC(=S)Nc1ccccc1C(F)(F)F)=C\c1ccccc1. The van der Waals surface area contributed by atoms with E-state index >= 15 is 0 Å². The van der Waals surface area contributed by atoms with Crippen molar-refractivity contribution >= 4 is 35.3 Å². The summed E-state index contributed by atoms with van der Waals surface area (Å²) < 4.78 is 38.8. The first-order chi connectivity index (χ1) is 11.9. The number of para-hydroxylation sites is 1. The molecule has 0 heterocycles. The number of hydrogen-bond acceptors (Lipinski definition) is 2. The van der Waals surface area contributed by atoms with Gasteiger partial charge in [-0.1, -0.05) is 48.5 Å². The van der Waals surface area contributed by atoms with Crippen LogP contribution in [0.5, 0.6) is 0 Å². The van der Waals surface area contributed by atoms with Crippen molar-refractivity contribution in [3.8, 4) is 0 Å². The zero-order valence-corrected chi connectivity index (χ0v) is 14.2. The molecular weight excluding hydrogens is 347 g/mol. The Morgan fingerprint density at radius 3 is 2.36 bits per heavy atom. The molecule has 130 valence electrons. The molecule has 0 aliphatic heterocycles. The number of thiocarbonyl (C=S) groups is 1. The smallest absolute Gasteiger partial charge is 0.331 e. The van der Waals surface area contributed by atoms with Gasteiger partial charge in [0.15, 0.2) is 5.11 Å². The average molecular weight is 363 g/mol. The largest absolute Gasteiger partial charge is 0.418 e. The molecule has 0 atom stereocenters. The Bertz CT molecular complexity index is 784. The normalized spacial score (nSPS) is 12.2. The van der Waals surface area contributed by atoms with Gasteiger partial charge in [-0.2, -0.15) is 18.3 Å². The van der Waals surface area contributed by atoms with Crippen molar-refractivity contribution < 1.29 is 13.2 Å². The van der Waals surface area contributed by atoms with Crippen LogP contribution in [0.4, 0.5) is 18.9 Å². The molecule has 2 N–H and O–H groups in total. The standard InChI is InChI=1S/C18H16F3N3S/c1-13(11-14-7-3-2-4-8-14)12-22-24-17(25)23-16-10-6-5-9-15(16)18(19,20)21/h2-12H,1H3,(H2,23,24,25)/b13-11+,22-12+. The molecule has 3 nitrogen and oxygen atoms in total. The number of anilines is 1. The second-order valence-electron chi connectivity index (χ2n) is 5.17. The van der Waals surface area contributed by atoms with Crippen LogP contribution in [0.15, 0.2) is 65.3 Å². The van der Waals surface area contributed by atoms with E-state index in [1.165, 1.54) is 24.4 Å². The zero-order valence-electron chi connectivity index (χ0n) is 13.3. The quantitative estimate of drug-likeness (QED) is 0.452. The van der Waals surface area contributed by atoms with Gasteiger partial charge in [0, 0.05) is 0 Å². The average Bonchev–Trinajstić information content (AvgIpc) is 2.55. The molecular formula is C18H16F3N3S. The zero-order chi connectivity index (χ0) is 18.3. The van der Waals surface area contributed by atoms with Crippen molar-refractivity contribution in [2.24, 2.45) is 5.10 Å². The molecule has 0 amide bonds. The molecule has 2 aromatic rings. The van der Waals surface area contributed by atoms with Crippen LogP contribution in [-0.4, -0.2) is 11.3 Å². The molecule has 7 heteroatoms. The van der Waals surface area contributed by atoms with Gasteiger partial charge in [-0.15, -0.1) is 0 Å². The van der Waals surface area contributed by atoms with E-state index in [9.17, 15) is 13.2 Å². The number of nitrogens with one attached hydrogen (secondary N) is 2. The van der Waals surface area contributed by atoms with E-state index in [-0.39, 0.29) is 10.8 Å². The Balaban J connectivity index is 1.97. The Morgan fingerprint density at radius 2 is 1.68 bits per heavy atom. The van der Waals surface area contributed by atoms with Crippen molar-refractivity contribution in [2.75, 3.05) is 5.32 Å². The van der Waals surface area contributed by atoms with Crippen molar-refractivity contribution in [1.29, 1.82) is 0 Å². The maximum Gasteiger partial charge on any atom is 0.418 e. The van der Waals surface area contributed by atoms with Crippen LogP contribution in [0.2, 0.25) is 0 Å². The lowest BCUT2D eigenvalue weighted by Gasteiger charge is -2.14. The first-order valence-corrected chi connectivity index (χ1v) is 7.77. The number of nitrogens with zero attached hydrogens (tertiary/aromatic N) is 1. The molecule has 0 fully saturated rings. The topological polar surface area (TPSA) is 36.4 Å². The van der Waals surface area contributed by atoms with E-state index in [0.717, 1.165) is 17.2 Å². The van der Waals surface area contributed by atoms with E-state index < -0.39 is 11.7 Å². The maximum atomic E-state index is 12.9. The maximum absolute atomic E-state index is 12.9. The second kappa shape index (κ2) is 8.43. The summed E-state index contributed by atoms with van der Waals surface area (Å²) in [5.74, 6) is 0. The molecule has 0 aromatic heterocycles. The minimum atomic E-state index is -4.46. The molecule has 0 radical (unpaired) electrons. The molecule has 0 saturated carbocycles. The molecule has 0 bridgehead atoms. The first kappa shape index (κ1) is 18.7. The number of halogens is 3. The Labute approximate surface area is 149 Å². The van der Waals surface area contributed by atoms with Gasteiger partial charge in [-0.05, 0) is 42.4 Å². The van der Waals surface area contributed by atoms with E-state index in [1.54, 1.807) is 0 Å². The fraction of sp³-hybridized carbons (Fsp3) is 0.111. The third kappa shape index (κ3) is 6.04. The van der Waals surface area contributed by atoms with Crippen LogP contribution in [0.1, 0.15) is 18.1 Å². The van der Waals surface area contributed by atoms with Crippen molar-refractivity contribution in [2.45, 2.75) is 13.1 Å². The minimum Gasteiger partial charge on any atom is -0.331 e. The molecule has 0 aliphatic carbocycles. The van der Waals surface area contributed by atoms with Crippen LogP contribution < -0.4 is 10.7 Å². The third-order valence-corrected chi connectivity index (χ3v) is 3.30. The lowest BCUT2D eigenvalue weighted by atomic mass is 10.1. The van der Waals surface area contributed by atoms with E-state index in [2.05, 4.69) is 15.8 Å². The van der Waals surface area contributed by atoms with Crippen molar-refractivity contribution in [3.63, 3.8) is 0 Å². The number of hydrogen-bond donors (Lipinski definition) is 2. The van der Waals surface area contributed by atoms with E-state index in [1.807, 2.05) is 43.3 Å². The highest BCUT2D eigenvalue weighted by molar-refractivity contribution is 7.80. The third-order valence-electron chi connectivity index (χ3n) is 3.11. The summed E-state index contributed by atoms with van der Waals surface area (Å²) in [5.41, 5.74) is 3.47. The number of rotatable bonds is 4. The predicted molar refractivity (Wildman–Crippen MR) is 99.4 cm³/mol. The van der Waals surface area contributed by atoms with Gasteiger partial charge in [0.05, 0.1) is 17.5 Å². The summed E-state index contributed by atoms with van der Waals surface area (Å²) in [6, 6.07) is 14.8. The Morgan fingerprint density at radius 1 is 1.04 bits per heavy atom. The highest BCUT2D eigenvalue weighted by Crippen LogP contribution is 2.34. The van der Waals surface area contributed by atoms with Crippen molar-refractivity contribution in [1.82, 2.24) is 5.43 Å². The van der Waals surface area contributed by atoms with Gasteiger partial charge in [0.25, 0.3) is 0 Å². The lowest BCUT2D eigenvalue weighted by molar-refractivity contribution is -0.136. The Kier molecular flexibility index (Phi) is 6.30. The Hall–Kier alpha value is -2.67. The van der Waals surface area contributed by atoms with Gasteiger partial charge >= 0.3 is 6.18 Å². The van der Waals surface area contributed by atoms with Crippen LogP contribution in [-0.2, 0) is 6.18 Å². The lowest BCUT2D eigenvalue weighted by Crippen LogP contribution is -2.25. The number of allylic oxidation sites excluding steroid dienone is 1. The summed E-state index contributed by atoms with van der Waals surface area (Å²) in [5, 5.41) is 6.41. The summed E-state index contributed by atoms with van der Waals surface area (Å²) >= 11 is 4.98. The molecule has 0 spiro atoms. The van der Waals surface area contributed by atoms with Crippen molar-refractivity contribution in [3.05, 3.63) is 71.3 Å². The summed E-state index contributed by atoms with van der Waals surface area (Å²) in [6.45, 7) is 1.85. The monoisotopic (exact) mass is 363 g/mol. The molecule has 2 rings (SSSR count). The first-order valence-electron chi connectivity index (χ1n) is 7.36. The number of hydrazone groups is 1.